The molecule has 2 aromatic rings. The van der Waals surface area contributed by atoms with E-state index in [2.05, 4.69) is 0 Å². The number of thiophene rings is 1. The smallest absolute Gasteiger partial charge is 0.264 e. The Morgan fingerprint density at radius 1 is 1.35 bits per heavy atom. The van der Waals surface area contributed by atoms with Gasteiger partial charge in [-0.1, -0.05) is 18.2 Å². The summed E-state index contributed by atoms with van der Waals surface area (Å²) in [5, 5.41) is 1.94. The van der Waals surface area contributed by atoms with E-state index >= 15 is 0 Å². The van der Waals surface area contributed by atoms with E-state index in [1.165, 1.54) is 11.3 Å². The number of piperidine rings is 1. The van der Waals surface area contributed by atoms with E-state index in [-0.39, 0.29) is 12.0 Å². The number of likely N-dealkylation sites (tertiary alicyclic amines) is 1. The molecular weight excluding hydrogens is 310 g/mol. The van der Waals surface area contributed by atoms with Crippen LogP contribution in [-0.4, -0.2) is 37.1 Å². The van der Waals surface area contributed by atoms with Gasteiger partial charge in [-0.2, -0.15) is 0 Å². The van der Waals surface area contributed by atoms with Gasteiger partial charge < -0.3 is 14.4 Å². The molecule has 1 aliphatic rings. The normalized spacial score (nSPS) is 18.0. The minimum atomic E-state index is 0.0962. The maximum absolute atomic E-state index is 12.4. The monoisotopic (exact) mass is 331 g/mol. The van der Waals surface area contributed by atoms with Crippen LogP contribution in [0, 0.1) is 0 Å². The predicted octanol–water partition coefficient (Wildman–Crippen LogP) is 3.58. The minimum absolute atomic E-state index is 0.0962. The Kier molecular flexibility index (Phi) is 5.31. The molecule has 0 unspecified atom stereocenters. The lowest BCUT2D eigenvalue weighted by molar-refractivity contribution is -0.00663. The van der Waals surface area contributed by atoms with Gasteiger partial charge in [0.1, 0.15) is 5.75 Å². The number of hydrogen-bond acceptors (Lipinski definition) is 4. The van der Waals surface area contributed by atoms with E-state index in [1.54, 1.807) is 7.11 Å². The first-order valence-corrected chi connectivity index (χ1v) is 8.71. The summed E-state index contributed by atoms with van der Waals surface area (Å²) in [5.41, 5.74) is 1.09. The molecule has 23 heavy (non-hydrogen) atoms. The maximum atomic E-state index is 12.4. The van der Waals surface area contributed by atoms with E-state index in [4.69, 9.17) is 9.47 Å². The Morgan fingerprint density at radius 3 is 3.04 bits per heavy atom. The van der Waals surface area contributed by atoms with Crippen LogP contribution in [0.1, 0.15) is 28.1 Å². The predicted molar refractivity (Wildman–Crippen MR) is 91.0 cm³/mol. The Balaban J connectivity index is 1.55. The number of benzene rings is 1. The summed E-state index contributed by atoms with van der Waals surface area (Å²) >= 11 is 1.49. The lowest BCUT2D eigenvalue weighted by atomic mass is 10.1. The Morgan fingerprint density at radius 2 is 2.26 bits per heavy atom. The second kappa shape index (κ2) is 7.62. The highest BCUT2D eigenvalue weighted by molar-refractivity contribution is 7.12. The molecular formula is C18H21NO3S. The van der Waals surface area contributed by atoms with Crippen LogP contribution in [0.2, 0.25) is 0 Å². The van der Waals surface area contributed by atoms with Crippen molar-refractivity contribution in [2.75, 3.05) is 20.2 Å². The van der Waals surface area contributed by atoms with E-state index < -0.39 is 0 Å². The van der Waals surface area contributed by atoms with Gasteiger partial charge in [0.2, 0.25) is 0 Å². The summed E-state index contributed by atoms with van der Waals surface area (Å²) in [7, 11) is 1.66. The number of amides is 1. The van der Waals surface area contributed by atoms with Crippen molar-refractivity contribution in [3.05, 3.63) is 52.2 Å². The highest BCUT2D eigenvalue weighted by Gasteiger charge is 2.25. The highest BCUT2D eigenvalue weighted by Crippen LogP contribution is 2.20. The van der Waals surface area contributed by atoms with Crippen molar-refractivity contribution in [2.24, 2.45) is 0 Å². The molecule has 0 N–H and O–H groups in total. The molecule has 0 radical (unpaired) electrons. The van der Waals surface area contributed by atoms with Crippen molar-refractivity contribution in [3.63, 3.8) is 0 Å². The number of hydrogen-bond donors (Lipinski definition) is 0. The molecule has 122 valence electrons. The van der Waals surface area contributed by atoms with Crippen LogP contribution in [0.3, 0.4) is 0 Å². The van der Waals surface area contributed by atoms with Crippen LogP contribution < -0.4 is 4.74 Å². The molecule has 5 heteroatoms. The number of nitrogens with zero attached hydrogens (tertiary/aromatic N) is 1. The summed E-state index contributed by atoms with van der Waals surface area (Å²) in [6, 6.07) is 11.7. The van der Waals surface area contributed by atoms with Gasteiger partial charge in [0.25, 0.3) is 5.91 Å². The topological polar surface area (TPSA) is 38.8 Å². The molecule has 0 saturated carbocycles. The van der Waals surface area contributed by atoms with E-state index in [9.17, 15) is 4.79 Å². The fourth-order valence-electron chi connectivity index (χ4n) is 2.79. The van der Waals surface area contributed by atoms with Crippen molar-refractivity contribution in [3.8, 4) is 5.75 Å². The molecule has 1 atom stereocenters. The molecule has 0 spiro atoms. The molecule has 1 saturated heterocycles. The van der Waals surface area contributed by atoms with E-state index in [0.717, 1.165) is 35.6 Å². The number of carbonyl (C=O) groups is 1. The molecule has 1 amide bonds. The first kappa shape index (κ1) is 16.0. The molecule has 1 fully saturated rings. The molecule has 0 aliphatic carbocycles. The van der Waals surface area contributed by atoms with Crippen LogP contribution >= 0.6 is 11.3 Å². The quantitative estimate of drug-likeness (QED) is 0.840. The summed E-state index contributed by atoms with van der Waals surface area (Å²) in [5.74, 6) is 0.957. The first-order valence-electron chi connectivity index (χ1n) is 7.83. The van der Waals surface area contributed by atoms with Crippen LogP contribution in [-0.2, 0) is 11.3 Å². The van der Waals surface area contributed by atoms with Gasteiger partial charge in [0.05, 0.1) is 24.7 Å². The Hall–Kier alpha value is -1.85. The van der Waals surface area contributed by atoms with Crippen molar-refractivity contribution >= 4 is 17.2 Å². The van der Waals surface area contributed by atoms with Crippen LogP contribution in [0.25, 0.3) is 0 Å². The van der Waals surface area contributed by atoms with Gasteiger partial charge in [-0.3, -0.25) is 4.79 Å². The lowest BCUT2D eigenvalue weighted by Crippen LogP contribution is -2.42. The molecule has 3 rings (SSSR count). The first-order chi connectivity index (χ1) is 11.3. The molecule has 4 nitrogen and oxygen atoms in total. The standard InChI is InChI=1S/C18H21NO3S/c1-21-15-6-2-5-14(11-15)13-22-16-7-3-9-19(12-16)18(20)17-8-4-10-23-17/h2,4-6,8,10-11,16H,3,7,9,12-13H2,1H3/t16-/m1/s1. The third-order valence-electron chi connectivity index (χ3n) is 4.02. The van der Waals surface area contributed by atoms with Gasteiger partial charge in [-0.15, -0.1) is 11.3 Å². The van der Waals surface area contributed by atoms with Crippen LogP contribution in [0.5, 0.6) is 5.75 Å². The summed E-state index contributed by atoms with van der Waals surface area (Å²) in [4.78, 5) is 15.1. The second-order valence-corrected chi connectivity index (χ2v) is 6.60. The molecule has 1 aromatic heterocycles. The minimum Gasteiger partial charge on any atom is -0.497 e. The van der Waals surface area contributed by atoms with E-state index in [0.29, 0.717) is 13.2 Å². The third-order valence-corrected chi connectivity index (χ3v) is 4.88. The maximum Gasteiger partial charge on any atom is 0.264 e. The molecule has 0 bridgehead atoms. The molecule has 1 aliphatic heterocycles. The number of carbonyl (C=O) groups excluding carboxylic acids is 1. The zero-order valence-corrected chi connectivity index (χ0v) is 14.1. The summed E-state index contributed by atoms with van der Waals surface area (Å²) < 4.78 is 11.2. The molecule has 1 aromatic carbocycles. The lowest BCUT2D eigenvalue weighted by Gasteiger charge is -2.32. The molecule has 2 heterocycles. The number of methoxy groups -OCH3 is 1. The van der Waals surface area contributed by atoms with Gasteiger partial charge >= 0.3 is 0 Å². The van der Waals surface area contributed by atoms with Crippen molar-refractivity contribution in [2.45, 2.75) is 25.6 Å². The fourth-order valence-corrected chi connectivity index (χ4v) is 3.48. The summed E-state index contributed by atoms with van der Waals surface area (Å²) in [6.45, 7) is 2.03. The Bertz CT molecular complexity index is 641. The third kappa shape index (κ3) is 4.12. The number of rotatable bonds is 5. The highest BCUT2D eigenvalue weighted by atomic mass is 32.1. The number of ether oxygens (including phenoxy) is 2. The van der Waals surface area contributed by atoms with Crippen LogP contribution in [0.4, 0.5) is 0 Å². The van der Waals surface area contributed by atoms with Gasteiger partial charge in [0, 0.05) is 13.1 Å². The fraction of sp³-hybridized carbons (Fsp3) is 0.389. The van der Waals surface area contributed by atoms with Gasteiger partial charge in [-0.05, 0) is 42.0 Å². The average Bonchev–Trinajstić information content (AvgIpc) is 3.14. The second-order valence-electron chi connectivity index (χ2n) is 5.66. The van der Waals surface area contributed by atoms with Crippen molar-refractivity contribution in [1.29, 1.82) is 0 Å². The van der Waals surface area contributed by atoms with Gasteiger partial charge in [0.15, 0.2) is 0 Å². The average molecular weight is 331 g/mol. The SMILES string of the molecule is COc1cccc(CO[C@@H]2CCCN(C(=O)c3cccs3)C2)c1. The zero-order valence-electron chi connectivity index (χ0n) is 13.2. The Labute approximate surface area is 140 Å². The van der Waals surface area contributed by atoms with Crippen molar-refractivity contribution < 1.29 is 14.3 Å². The van der Waals surface area contributed by atoms with Crippen molar-refractivity contribution in [1.82, 2.24) is 4.90 Å². The zero-order chi connectivity index (χ0) is 16.1. The largest absolute Gasteiger partial charge is 0.497 e. The summed E-state index contributed by atoms with van der Waals surface area (Å²) in [6.07, 6.45) is 2.08. The van der Waals surface area contributed by atoms with Gasteiger partial charge in [-0.25, -0.2) is 0 Å². The van der Waals surface area contributed by atoms with Crippen LogP contribution in [0.15, 0.2) is 41.8 Å². The van der Waals surface area contributed by atoms with E-state index in [1.807, 2.05) is 46.7 Å².